The number of aryl methyl sites for hydroxylation is 2. The van der Waals surface area contributed by atoms with Crippen molar-refractivity contribution >= 4 is 22.5 Å². The number of hydrogen-bond acceptors (Lipinski definition) is 3. The molecule has 0 fully saturated rings. The molecular formula is C20H20N2O2. The highest BCUT2D eigenvalue weighted by atomic mass is 16.5. The lowest BCUT2D eigenvalue weighted by Gasteiger charge is -2.09. The maximum atomic E-state index is 12.3. The summed E-state index contributed by atoms with van der Waals surface area (Å²) in [6.07, 6.45) is 1.11. The second kappa shape index (κ2) is 7.13. The van der Waals surface area contributed by atoms with Crippen molar-refractivity contribution < 1.29 is 9.53 Å². The second-order valence-corrected chi connectivity index (χ2v) is 5.73. The highest BCUT2D eigenvalue weighted by Gasteiger charge is 2.07. The van der Waals surface area contributed by atoms with Gasteiger partial charge in [-0.25, -0.2) is 0 Å². The second-order valence-electron chi connectivity index (χ2n) is 5.73. The van der Waals surface area contributed by atoms with Crippen LogP contribution in [-0.2, 0) is 11.2 Å². The fraction of sp³-hybridized carbons (Fsp3) is 0.200. The Morgan fingerprint density at radius 3 is 2.62 bits per heavy atom. The molecule has 2 aromatic carbocycles. The zero-order chi connectivity index (χ0) is 16.9. The Labute approximate surface area is 141 Å². The highest BCUT2D eigenvalue weighted by Crippen LogP contribution is 2.22. The summed E-state index contributed by atoms with van der Waals surface area (Å²) in [7, 11) is 1.64. The van der Waals surface area contributed by atoms with Gasteiger partial charge in [-0.05, 0) is 43.2 Å². The summed E-state index contributed by atoms with van der Waals surface area (Å²) in [5.41, 5.74) is 3.63. The molecule has 122 valence electrons. The molecule has 0 radical (unpaired) electrons. The average Bonchev–Trinajstić information content (AvgIpc) is 2.61. The van der Waals surface area contributed by atoms with Gasteiger partial charge in [-0.15, -0.1) is 0 Å². The van der Waals surface area contributed by atoms with Gasteiger partial charge >= 0.3 is 0 Å². The topological polar surface area (TPSA) is 51.2 Å². The third-order valence-electron chi connectivity index (χ3n) is 3.93. The van der Waals surface area contributed by atoms with E-state index in [1.54, 1.807) is 7.11 Å². The van der Waals surface area contributed by atoms with Crippen molar-refractivity contribution in [1.82, 2.24) is 4.98 Å². The van der Waals surface area contributed by atoms with Crippen molar-refractivity contribution in [1.29, 1.82) is 0 Å². The summed E-state index contributed by atoms with van der Waals surface area (Å²) in [5, 5.41) is 4.00. The Morgan fingerprint density at radius 1 is 1.08 bits per heavy atom. The number of rotatable bonds is 5. The van der Waals surface area contributed by atoms with Gasteiger partial charge in [-0.3, -0.25) is 9.78 Å². The minimum absolute atomic E-state index is 0.0124. The van der Waals surface area contributed by atoms with E-state index in [4.69, 9.17) is 4.74 Å². The quantitative estimate of drug-likeness (QED) is 0.769. The molecule has 4 nitrogen and oxygen atoms in total. The van der Waals surface area contributed by atoms with Gasteiger partial charge in [-0.2, -0.15) is 0 Å². The monoisotopic (exact) mass is 320 g/mol. The lowest BCUT2D eigenvalue weighted by molar-refractivity contribution is -0.116. The van der Waals surface area contributed by atoms with Crippen LogP contribution < -0.4 is 10.1 Å². The maximum absolute atomic E-state index is 12.3. The Kier molecular flexibility index (Phi) is 4.75. The van der Waals surface area contributed by atoms with Crippen LogP contribution >= 0.6 is 0 Å². The normalized spacial score (nSPS) is 10.6. The fourth-order valence-electron chi connectivity index (χ4n) is 2.61. The standard InChI is InChI=1S/C20H20N2O2/c1-14-6-10-16-4-3-5-18(20(16)21-14)22-19(23)13-9-15-7-11-17(24-2)12-8-15/h3-8,10-12H,9,13H2,1-2H3,(H,22,23). The molecule has 0 spiro atoms. The Hall–Kier alpha value is -2.88. The van der Waals surface area contributed by atoms with Crippen LogP contribution in [0.3, 0.4) is 0 Å². The minimum Gasteiger partial charge on any atom is -0.497 e. The number of fused-ring (bicyclic) bond motifs is 1. The van der Waals surface area contributed by atoms with Gasteiger partial charge in [0.15, 0.2) is 0 Å². The van der Waals surface area contributed by atoms with Gasteiger partial charge in [0.1, 0.15) is 5.75 Å². The number of pyridine rings is 1. The molecule has 0 aliphatic heterocycles. The van der Waals surface area contributed by atoms with Crippen LogP contribution in [-0.4, -0.2) is 18.0 Å². The molecule has 0 unspecified atom stereocenters. The molecule has 1 aromatic heterocycles. The first kappa shape index (κ1) is 16.0. The number of nitrogens with one attached hydrogen (secondary N) is 1. The van der Waals surface area contributed by atoms with Gasteiger partial charge in [0.05, 0.1) is 18.3 Å². The number of carbonyl (C=O) groups is 1. The molecule has 3 aromatic rings. The maximum Gasteiger partial charge on any atom is 0.224 e. The van der Waals surface area contributed by atoms with E-state index in [0.29, 0.717) is 12.8 Å². The fourth-order valence-corrected chi connectivity index (χ4v) is 2.61. The van der Waals surface area contributed by atoms with Gasteiger partial charge in [0.25, 0.3) is 0 Å². The summed E-state index contributed by atoms with van der Waals surface area (Å²) in [6.45, 7) is 1.95. The number of methoxy groups -OCH3 is 1. The number of amides is 1. The molecule has 0 aliphatic rings. The molecule has 1 N–H and O–H groups in total. The zero-order valence-electron chi connectivity index (χ0n) is 13.9. The number of aromatic nitrogens is 1. The number of para-hydroxylation sites is 1. The van der Waals surface area contributed by atoms with Crippen LogP contribution in [0.5, 0.6) is 5.75 Å². The van der Waals surface area contributed by atoms with E-state index in [1.807, 2.05) is 61.5 Å². The third-order valence-corrected chi connectivity index (χ3v) is 3.93. The van der Waals surface area contributed by atoms with E-state index in [0.717, 1.165) is 33.6 Å². The average molecular weight is 320 g/mol. The Morgan fingerprint density at radius 2 is 1.88 bits per heavy atom. The van der Waals surface area contributed by atoms with Crippen LogP contribution in [0.15, 0.2) is 54.6 Å². The van der Waals surface area contributed by atoms with E-state index in [2.05, 4.69) is 10.3 Å². The van der Waals surface area contributed by atoms with E-state index in [9.17, 15) is 4.79 Å². The van der Waals surface area contributed by atoms with E-state index >= 15 is 0 Å². The van der Waals surface area contributed by atoms with Crippen molar-refractivity contribution in [3.8, 4) is 5.75 Å². The van der Waals surface area contributed by atoms with Gasteiger partial charge < -0.3 is 10.1 Å². The van der Waals surface area contributed by atoms with Gasteiger partial charge in [0.2, 0.25) is 5.91 Å². The lowest BCUT2D eigenvalue weighted by atomic mass is 10.1. The van der Waals surface area contributed by atoms with E-state index in [-0.39, 0.29) is 5.91 Å². The molecule has 0 saturated heterocycles. The van der Waals surface area contributed by atoms with E-state index < -0.39 is 0 Å². The van der Waals surface area contributed by atoms with Crippen LogP contribution in [0.25, 0.3) is 10.9 Å². The van der Waals surface area contributed by atoms with Crippen LogP contribution in [0.4, 0.5) is 5.69 Å². The van der Waals surface area contributed by atoms with Crippen molar-refractivity contribution in [3.63, 3.8) is 0 Å². The third kappa shape index (κ3) is 3.71. The van der Waals surface area contributed by atoms with E-state index in [1.165, 1.54) is 0 Å². The first-order valence-electron chi connectivity index (χ1n) is 7.95. The SMILES string of the molecule is COc1ccc(CCC(=O)Nc2cccc3ccc(C)nc23)cc1. The predicted octanol–water partition coefficient (Wildman–Crippen LogP) is 4.12. The number of anilines is 1. The highest BCUT2D eigenvalue weighted by molar-refractivity contribution is 6.00. The summed E-state index contributed by atoms with van der Waals surface area (Å²) in [4.78, 5) is 16.8. The zero-order valence-corrected chi connectivity index (χ0v) is 13.9. The first-order valence-corrected chi connectivity index (χ1v) is 7.95. The Balaban J connectivity index is 1.67. The molecule has 0 atom stereocenters. The summed E-state index contributed by atoms with van der Waals surface area (Å²) >= 11 is 0. The van der Waals surface area contributed by atoms with Crippen LogP contribution in [0.1, 0.15) is 17.7 Å². The smallest absolute Gasteiger partial charge is 0.224 e. The molecule has 1 amide bonds. The minimum atomic E-state index is -0.0124. The number of ether oxygens (including phenoxy) is 1. The van der Waals surface area contributed by atoms with Crippen molar-refractivity contribution in [3.05, 3.63) is 65.9 Å². The molecule has 24 heavy (non-hydrogen) atoms. The van der Waals surface area contributed by atoms with Gasteiger partial charge in [-0.1, -0.05) is 30.3 Å². The van der Waals surface area contributed by atoms with Crippen molar-refractivity contribution in [2.75, 3.05) is 12.4 Å². The summed E-state index contributed by atoms with van der Waals surface area (Å²) in [6, 6.07) is 17.6. The molecule has 1 heterocycles. The molecule has 4 heteroatoms. The number of nitrogens with zero attached hydrogens (tertiary/aromatic N) is 1. The molecule has 3 rings (SSSR count). The predicted molar refractivity (Wildman–Crippen MR) is 96.4 cm³/mol. The summed E-state index contributed by atoms with van der Waals surface area (Å²) < 4.78 is 5.14. The van der Waals surface area contributed by atoms with Crippen LogP contribution in [0.2, 0.25) is 0 Å². The number of benzene rings is 2. The molecular weight excluding hydrogens is 300 g/mol. The van der Waals surface area contributed by atoms with Crippen molar-refractivity contribution in [2.24, 2.45) is 0 Å². The number of hydrogen-bond donors (Lipinski definition) is 1. The Bertz CT molecular complexity index is 857. The number of carbonyl (C=O) groups excluding carboxylic acids is 1. The molecule has 0 saturated carbocycles. The lowest BCUT2D eigenvalue weighted by Crippen LogP contribution is -2.13. The molecule has 0 aliphatic carbocycles. The first-order chi connectivity index (χ1) is 11.7. The molecule has 0 bridgehead atoms. The largest absolute Gasteiger partial charge is 0.497 e. The van der Waals surface area contributed by atoms with Crippen molar-refractivity contribution in [2.45, 2.75) is 19.8 Å². The van der Waals surface area contributed by atoms with Crippen LogP contribution in [0, 0.1) is 6.92 Å². The summed E-state index contributed by atoms with van der Waals surface area (Å²) in [5.74, 6) is 0.807. The van der Waals surface area contributed by atoms with Gasteiger partial charge in [0, 0.05) is 17.5 Å².